The molecular weight excluding hydrogens is 281 g/mol. The van der Waals surface area contributed by atoms with Gasteiger partial charge >= 0.3 is 0 Å². The highest BCUT2D eigenvalue weighted by Crippen LogP contribution is 2.23. The van der Waals surface area contributed by atoms with E-state index >= 15 is 0 Å². The maximum atomic E-state index is 13.5. The summed E-state index contributed by atoms with van der Waals surface area (Å²) in [4.78, 5) is 8.08. The molecule has 22 heavy (non-hydrogen) atoms. The molecule has 6 heteroatoms. The van der Waals surface area contributed by atoms with Crippen molar-refractivity contribution in [2.45, 2.75) is 13.5 Å². The molecule has 3 rings (SSSR count). The third-order valence-corrected chi connectivity index (χ3v) is 3.48. The summed E-state index contributed by atoms with van der Waals surface area (Å²) in [6.45, 7) is 2.25. The number of nitrogens with one attached hydrogen (secondary N) is 1. The molecule has 0 spiro atoms. The van der Waals surface area contributed by atoms with Gasteiger partial charge in [-0.25, -0.2) is 9.37 Å². The Balaban J connectivity index is 1.83. The van der Waals surface area contributed by atoms with Crippen LogP contribution in [0.1, 0.15) is 11.1 Å². The van der Waals surface area contributed by atoms with Crippen molar-refractivity contribution in [1.82, 2.24) is 9.97 Å². The molecule has 0 bridgehead atoms. The molecule has 1 aromatic heterocycles. The van der Waals surface area contributed by atoms with Crippen LogP contribution in [0.5, 0.6) is 0 Å². The van der Waals surface area contributed by atoms with Gasteiger partial charge in [0.15, 0.2) is 0 Å². The Morgan fingerprint density at radius 3 is 2.68 bits per heavy atom. The molecule has 0 atom stereocenters. The third kappa shape index (κ3) is 2.76. The number of nitrogens with zero attached hydrogens (tertiary/aromatic N) is 2. The Hall–Kier alpha value is -2.89. The number of benzene rings is 2. The third-order valence-electron chi connectivity index (χ3n) is 3.48. The molecule has 0 amide bonds. The maximum Gasteiger partial charge on any atom is 0.222 e. The van der Waals surface area contributed by atoms with E-state index in [9.17, 15) is 4.39 Å². The van der Waals surface area contributed by atoms with Crippen molar-refractivity contribution in [3.63, 3.8) is 0 Å². The van der Waals surface area contributed by atoms with Gasteiger partial charge in [-0.15, -0.1) is 0 Å². The summed E-state index contributed by atoms with van der Waals surface area (Å²) in [7, 11) is 0. The lowest BCUT2D eigenvalue weighted by Crippen LogP contribution is -2.03. The molecule has 0 aliphatic heterocycles. The molecule has 0 aliphatic rings. The zero-order valence-corrected chi connectivity index (χ0v) is 12.1. The standard InChI is InChI=1S/C16H16FN5/c1-9-2-3-10(6-13(9)17)8-20-11-4-5-14-12(7-11)15(18)22-16(19)21-14/h2-7,20H,8H2,1H3,(H4,18,19,21,22). The summed E-state index contributed by atoms with van der Waals surface area (Å²) in [6.07, 6.45) is 0. The van der Waals surface area contributed by atoms with Gasteiger partial charge in [0.25, 0.3) is 0 Å². The van der Waals surface area contributed by atoms with Gasteiger partial charge in [0.1, 0.15) is 11.6 Å². The summed E-state index contributed by atoms with van der Waals surface area (Å²) in [5, 5.41) is 3.96. The van der Waals surface area contributed by atoms with Crippen LogP contribution in [0.3, 0.4) is 0 Å². The Labute approximate surface area is 127 Å². The number of nitrogen functional groups attached to an aromatic ring is 2. The van der Waals surface area contributed by atoms with E-state index in [2.05, 4.69) is 15.3 Å². The Morgan fingerprint density at radius 2 is 1.91 bits per heavy atom. The SMILES string of the molecule is Cc1ccc(CNc2ccc3nc(N)nc(N)c3c2)cc1F. The van der Waals surface area contributed by atoms with Crippen molar-refractivity contribution < 1.29 is 4.39 Å². The molecule has 1 heterocycles. The lowest BCUT2D eigenvalue weighted by atomic mass is 10.1. The van der Waals surface area contributed by atoms with Gasteiger partial charge in [0.05, 0.1) is 5.52 Å². The number of aromatic nitrogens is 2. The number of hydrogen-bond acceptors (Lipinski definition) is 5. The minimum Gasteiger partial charge on any atom is -0.383 e. The Morgan fingerprint density at radius 1 is 1.09 bits per heavy atom. The van der Waals surface area contributed by atoms with E-state index in [4.69, 9.17) is 11.5 Å². The fourth-order valence-electron chi connectivity index (χ4n) is 2.23. The number of rotatable bonds is 3. The molecule has 0 unspecified atom stereocenters. The van der Waals surface area contributed by atoms with Crippen molar-refractivity contribution >= 4 is 28.4 Å². The molecule has 0 fully saturated rings. The topological polar surface area (TPSA) is 89.8 Å². The van der Waals surface area contributed by atoms with E-state index in [-0.39, 0.29) is 11.8 Å². The summed E-state index contributed by atoms with van der Waals surface area (Å²) >= 11 is 0. The first-order chi connectivity index (χ1) is 10.5. The smallest absolute Gasteiger partial charge is 0.222 e. The van der Waals surface area contributed by atoms with Crippen LogP contribution in [0.15, 0.2) is 36.4 Å². The van der Waals surface area contributed by atoms with Crippen molar-refractivity contribution in [2.24, 2.45) is 0 Å². The zero-order chi connectivity index (χ0) is 15.7. The Kier molecular flexibility index (Phi) is 3.50. The molecule has 5 nitrogen and oxygen atoms in total. The molecule has 0 aliphatic carbocycles. The molecule has 0 saturated heterocycles. The largest absolute Gasteiger partial charge is 0.383 e. The fourth-order valence-corrected chi connectivity index (χ4v) is 2.23. The number of anilines is 3. The quantitative estimate of drug-likeness (QED) is 0.691. The number of halogens is 1. The molecule has 5 N–H and O–H groups in total. The van der Waals surface area contributed by atoms with Crippen LogP contribution in [0.2, 0.25) is 0 Å². The summed E-state index contributed by atoms with van der Waals surface area (Å²) in [6, 6.07) is 10.7. The highest BCUT2D eigenvalue weighted by molar-refractivity contribution is 5.91. The lowest BCUT2D eigenvalue weighted by molar-refractivity contribution is 0.616. The first-order valence-electron chi connectivity index (χ1n) is 6.84. The Bertz CT molecular complexity index is 847. The molecule has 0 radical (unpaired) electrons. The highest BCUT2D eigenvalue weighted by Gasteiger charge is 2.05. The van der Waals surface area contributed by atoms with E-state index in [1.165, 1.54) is 6.07 Å². The van der Waals surface area contributed by atoms with E-state index < -0.39 is 0 Å². The second-order valence-corrected chi connectivity index (χ2v) is 5.14. The summed E-state index contributed by atoms with van der Waals surface area (Å²) < 4.78 is 13.5. The fraction of sp³-hybridized carbons (Fsp3) is 0.125. The number of aryl methyl sites for hydroxylation is 1. The van der Waals surface area contributed by atoms with Gasteiger partial charge in [0, 0.05) is 17.6 Å². The first kappa shape index (κ1) is 14.1. The zero-order valence-electron chi connectivity index (χ0n) is 12.1. The second-order valence-electron chi connectivity index (χ2n) is 5.14. The van der Waals surface area contributed by atoms with Gasteiger partial charge in [-0.1, -0.05) is 12.1 Å². The predicted octanol–water partition coefficient (Wildman–Crippen LogP) is 2.85. The van der Waals surface area contributed by atoms with Crippen LogP contribution < -0.4 is 16.8 Å². The summed E-state index contributed by atoms with van der Waals surface area (Å²) in [5.41, 5.74) is 14.5. The molecule has 3 aromatic rings. The maximum absolute atomic E-state index is 13.5. The van der Waals surface area contributed by atoms with Gasteiger partial charge in [-0.3, -0.25) is 0 Å². The summed E-state index contributed by atoms with van der Waals surface area (Å²) in [5.74, 6) is 0.291. The molecule has 0 saturated carbocycles. The van der Waals surface area contributed by atoms with Crippen LogP contribution in [-0.4, -0.2) is 9.97 Å². The second kappa shape index (κ2) is 5.48. The van der Waals surface area contributed by atoms with Crippen LogP contribution >= 0.6 is 0 Å². The van der Waals surface area contributed by atoms with Crippen molar-refractivity contribution in [3.05, 3.63) is 53.3 Å². The number of fused-ring (bicyclic) bond motifs is 1. The van der Waals surface area contributed by atoms with Gasteiger partial charge in [0.2, 0.25) is 5.95 Å². The molecule has 112 valence electrons. The van der Waals surface area contributed by atoms with Crippen LogP contribution in [0, 0.1) is 12.7 Å². The van der Waals surface area contributed by atoms with Crippen LogP contribution in [0.4, 0.5) is 21.8 Å². The number of hydrogen-bond donors (Lipinski definition) is 3. The van der Waals surface area contributed by atoms with Gasteiger partial charge < -0.3 is 16.8 Å². The average Bonchev–Trinajstić information content (AvgIpc) is 2.48. The van der Waals surface area contributed by atoms with Crippen LogP contribution in [0.25, 0.3) is 10.9 Å². The number of nitrogens with two attached hydrogens (primary N) is 2. The average molecular weight is 297 g/mol. The minimum absolute atomic E-state index is 0.154. The normalized spacial score (nSPS) is 10.8. The van der Waals surface area contributed by atoms with E-state index in [1.807, 2.05) is 24.3 Å². The van der Waals surface area contributed by atoms with E-state index in [0.29, 0.717) is 23.4 Å². The van der Waals surface area contributed by atoms with Gasteiger partial charge in [-0.2, -0.15) is 4.98 Å². The highest BCUT2D eigenvalue weighted by atomic mass is 19.1. The van der Waals surface area contributed by atoms with Crippen molar-refractivity contribution in [1.29, 1.82) is 0 Å². The van der Waals surface area contributed by atoms with E-state index in [0.717, 1.165) is 16.6 Å². The lowest BCUT2D eigenvalue weighted by Gasteiger charge is -2.09. The van der Waals surface area contributed by atoms with Crippen LogP contribution in [-0.2, 0) is 6.54 Å². The van der Waals surface area contributed by atoms with Gasteiger partial charge in [-0.05, 0) is 42.3 Å². The monoisotopic (exact) mass is 297 g/mol. The molecular formula is C16H16FN5. The van der Waals surface area contributed by atoms with Crippen molar-refractivity contribution in [3.8, 4) is 0 Å². The first-order valence-corrected chi connectivity index (χ1v) is 6.84. The van der Waals surface area contributed by atoms with Crippen molar-refractivity contribution in [2.75, 3.05) is 16.8 Å². The van der Waals surface area contributed by atoms with E-state index in [1.54, 1.807) is 13.0 Å². The minimum atomic E-state index is -0.203. The predicted molar refractivity (Wildman–Crippen MR) is 86.8 cm³/mol. The molecule has 2 aromatic carbocycles.